The summed E-state index contributed by atoms with van der Waals surface area (Å²) in [6, 6.07) is 8.24. The maximum absolute atomic E-state index is 12.2. The van der Waals surface area contributed by atoms with Crippen molar-refractivity contribution >= 4 is 5.97 Å². The van der Waals surface area contributed by atoms with Gasteiger partial charge in [-0.1, -0.05) is 24.3 Å². The molecule has 1 aromatic heterocycles. The molecule has 2 heterocycles. The van der Waals surface area contributed by atoms with E-state index in [0.717, 1.165) is 25.7 Å². The van der Waals surface area contributed by atoms with Crippen LogP contribution in [0.25, 0.3) is 0 Å². The monoisotopic (exact) mass is 315 g/mol. The number of esters is 1. The molecular weight excluding hydrogens is 294 g/mol. The largest absolute Gasteiger partial charge is 0.461 e. The van der Waals surface area contributed by atoms with Crippen LogP contribution in [0.1, 0.15) is 52.7 Å². The first-order chi connectivity index (χ1) is 11.3. The second-order valence-corrected chi connectivity index (χ2v) is 5.73. The SMILES string of the molecule is Cc1ccccc1CCCOC(=O)c1ncoc1[C@H]1CCCO1. The summed E-state index contributed by atoms with van der Waals surface area (Å²) in [6.07, 6.45) is 4.59. The zero-order valence-corrected chi connectivity index (χ0v) is 13.3. The number of carbonyl (C=O) groups excluding carboxylic acids is 1. The standard InChI is InChI=1S/C18H21NO4/c1-13-6-2-3-7-14(13)8-4-11-22-18(20)16-17(23-12-19-16)15-9-5-10-21-15/h2-3,6-7,12,15H,4-5,8-11H2,1H3/t15-/m1/s1. The summed E-state index contributed by atoms with van der Waals surface area (Å²) in [5, 5.41) is 0. The summed E-state index contributed by atoms with van der Waals surface area (Å²) in [6.45, 7) is 3.14. The van der Waals surface area contributed by atoms with Gasteiger partial charge in [0.1, 0.15) is 6.10 Å². The van der Waals surface area contributed by atoms with Crippen LogP contribution in [0.5, 0.6) is 0 Å². The van der Waals surface area contributed by atoms with Crippen LogP contribution >= 0.6 is 0 Å². The third kappa shape index (κ3) is 3.79. The maximum atomic E-state index is 12.2. The third-order valence-electron chi connectivity index (χ3n) is 4.10. The average Bonchev–Trinajstić information content (AvgIpc) is 3.23. The lowest BCUT2D eigenvalue weighted by atomic mass is 10.0. The minimum atomic E-state index is -0.436. The highest BCUT2D eigenvalue weighted by Crippen LogP contribution is 2.30. The lowest BCUT2D eigenvalue weighted by Crippen LogP contribution is -2.11. The molecule has 1 aliphatic rings. The van der Waals surface area contributed by atoms with Crippen molar-refractivity contribution in [3.8, 4) is 0 Å². The van der Waals surface area contributed by atoms with Crippen molar-refractivity contribution < 1.29 is 18.7 Å². The molecule has 1 atom stereocenters. The van der Waals surface area contributed by atoms with Crippen LogP contribution in [0.4, 0.5) is 0 Å². The van der Waals surface area contributed by atoms with Crippen molar-refractivity contribution in [1.29, 1.82) is 0 Å². The first-order valence-corrected chi connectivity index (χ1v) is 8.02. The van der Waals surface area contributed by atoms with Gasteiger partial charge in [-0.05, 0) is 43.7 Å². The number of benzene rings is 1. The van der Waals surface area contributed by atoms with Gasteiger partial charge in [-0.15, -0.1) is 0 Å². The quantitative estimate of drug-likeness (QED) is 0.602. The number of carbonyl (C=O) groups is 1. The summed E-state index contributed by atoms with van der Waals surface area (Å²) >= 11 is 0. The van der Waals surface area contributed by atoms with Crippen LogP contribution in [0.15, 0.2) is 35.1 Å². The van der Waals surface area contributed by atoms with Gasteiger partial charge in [-0.2, -0.15) is 0 Å². The lowest BCUT2D eigenvalue weighted by Gasteiger charge is -2.08. The van der Waals surface area contributed by atoms with Gasteiger partial charge in [0.2, 0.25) is 0 Å². The van der Waals surface area contributed by atoms with Gasteiger partial charge in [0.05, 0.1) is 6.61 Å². The third-order valence-corrected chi connectivity index (χ3v) is 4.10. The molecule has 2 aromatic rings. The van der Waals surface area contributed by atoms with Crippen molar-refractivity contribution in [2.45, 2.75) is 38.7 Å². The van der Waals surface area contributed by atoms with Crippen LogP contribution in [-0.2, 0) is 15.9 Å². The van der Waals surface area contributed by atoms with E-state index in [0.29, 0.717) is 19.0 Å². The molecule has 0 amide bonds. The van der Waals surface area contributed by atoms with E-state index in [1.165, 1.54) is 17.5 Å². The Labute approximate surface area is 135 Å². The molecule has 0 radical (unpaired) electrons. The predicted octanol–water partition coefficient (Wildman–Crippen LogP) is 3.62. The van der Waals surface area contributed by atoms with Gasteiger partial charge in [-0.25, -0.2) is 9.78 Å². The molecule has 0 aliphatic carbocycles. The van der Waals surface area contributed by atoms with Crippen molar-refractivity contribution in [3.05, 3.63) is 53.2 Å². The number of oxazole rings is 1. The number of rotatable bonds is 6. The summed E-state index contributed by atoms with van der Waals surface area (Å²) in [5.74, 6) is 0.0560. The highest BCUT2D eigenvalue weighted by Gasteiger charge is 2.28. The van der Waals surface area contributed by atoms with Crippen LogP contribution in [0.2, 0.25) is 0 Å². The van der Waals surface area contributed by atoms with E-state index in [9.17, 15) is 4.79 Å². The van der Waals surface area contributed by atoms with E-state index < -0.39 is 5.97 Å². The Hall–Kier alpha value is -2.14. The molecule has 0 N–H and O–H groups in total. The molecule has 1 aromatic carbocycles. The van der Waals surface area contributed by atoms with E-state index in [-0.39, 0.29) is 11.8 Å². The minimum absolute atomic E-state index is 0.174. The zero-order chi connectivity index (χ0) is 16.1. The van der Waals surface area contributed by atoms with Crippen molar-refractivity contribution in [3.63, 3.8) is 0 Å². The number of nitrogens with zero attached hydrogens (tertiary/aromatic N) is 1. The van der Waals surface area contributed by atoms with Crippen LogP contribution in [0.3, 0.4) is 0 Å². The summed E-state index contributed by atoms with van der Waals surface area (Å²) in [7, 11) is 0. The number of hydrogen-bond acceptors (Lipinski definition) is 5. The Kier molecular flexibility index (Phi) is 5.08. The Bertz CT molecular complexity index is 659. The van der Waals surface area contributed by atoms with Gasteiger partial charge in [0.25, 0.3) is 0 Å². The molecule has 0 bridgehead atoms. The minimum Gasteiger partial charge on any atom is -0.461 e. The van der Waals surface area contributed by atoms with Gasteiger partial charge in [0, 0.05) is 6.61 Å². The predicted molar refractivity (Wildman–Crippen MR) is 84.2 cm³/mol. The average molecular weight is 315 g/mol. The molecule has 5 heteroatoms. The fraction of sp³-hybridized carbons (Fsp3) is 0.444. The van der Waals surface area contributed by atoms with Gasteiger partial charge in [0.15, 0.2) is 17.8 Å². The summed E-state index contributed by atoms with van der Waals surface area (Å²) in [5.41, 5.74) is 2.79. The normalized spacial score (nSPS) is 17.3. The number of aryl methyl sites for hydroxylation is 2. The number of ether oxygens (including phenoxy) is 2. The summed E-state index contributed by atoms with van der Waals surface area (Å²) < 4.78 is 16.2. The first-order valence-electron chi connectivity index (χ1n) is 8.02. The topological polar surface area (TPSA) is 61.6 Å². The van der Waals surface area contributed by atoms with Gasteiger partial charge < -0.3 is 13.9 Å². The highest BCUT2D eigenvalue weighted by atomic mass is 16.5. The molecule has 0 saturated carbocycles. The molecule has 0 unspecified atom stereocenters. The molecule has 23 heavy (non-hydrogen) atoms. The van der Waals surface area contributed by atoms with E-state index in [2.05, 4.69) is 24.0 Å². The molecule has 1 aliphatic heterocycles. The van der Waals surface area contributed by atoms with Crippen LogP contribution < -0.4 is 0 Å². The number of aromatic nitrogens is 1. The highest BCUT2D eigenvalue weighted by molar-refractivity contribution is 5.88. The second-order valence-electron chi connectivity index (χ2n) is 5.73. The first kappa shape index (κ1) is 15.7. The van der Waals surface area contributed by atoms with Gasteiger partial charge >= 0.3 is 5.97 Å². The van der Waals surface area contributed by atoms with Crippen LogP contribution in [-0.4, -0.2) is 24.2 Å². The van der Waals surface area contributed by atoms with E-state index in [1.54, 1.807) is 0 Å². The maximum Gasteiger partial charge on any atom is 0.360 e. The Morgan fingerprint density at radius 1 is 1.39 bits per heavy atom. The van der Waals surface area contributed by atoms with Gasteiger partial charge in [-0.3, -0.25) is 0 Å². The second kappa shape index (κ2) is 7.42. The Morgan fingerprint density at radius 3 is 3.04 bits per heavy atom. The fourth-order valence-corrected chi connectivity index (χ4v) is 2.81. The lowest BCUT2D eigenvalue weighted by molar-refractivity contribution is 0.0474. The van der Waals surface area contributed by atoms with Crippen molar-refractivity contribution in [2.24, 2.45) is 0 Å². The van der Waals surface area contributed by atoms with E-state index >= 15 is 0 Å². The molecule has 1 fully saturated rings. The zero-order valence-electron chi connectivity index (χ0n) is 13.3. The molecule has 122 valence electrons. The molecule has 1 saturated heterocycles. The van der Waals surface area contributed by atoms with E-state index in [1.807, 2.05) is 12.1 Å². The molecular formula is C18H21NO4. The van der Waals surface area contributed by atoms with Crippen molar-refractivity contribution in [2.75, 3.05) is 13.2 Å². The summed E-state index contributed by atoms with van der Waals surface area (Å²) in [4.78, 5) is 16.2. The Morgan fingerprint density at radius 2 is 2.26 bits per heavy atom. The van der Waals surface area contributed by atoms with Crippen molar-refractivity contribution in [1.82, 2.24) is 4.98 Å². The fourth-order valence-electron chi connectivity index (χ4n) is 2.81. The van der Waals surface area contributed by atoms with Crippen LogP contribution in [0, 0.1) is 6.92 Å². The molecule has 5 nitrogen and oxygen atoms in total. The number of hydrogen-bond donors (Lipinski definition) is 0. The smallest absolute Gasteiger partial charge is 0.360 e. The molecule has 0 spiro atoms. The Balaban J connectivity index is 1.50. The van der Waals surface area contributed by atoms with E-state index in [4.69, 9.17) is 13.9 Å². The molecule has 3 rings (SSSR count).